The van der Waals surface area contributed by atoms with Crippen molar-refractivity contribution < 1.29 is 19.2 Å². The molecule has 1 aromatic carbocycles. The summed E-state index contributed by atoms with van der Waals surface area (Å²) in [4.78, 5) is 53.5. The molecule has 3 amide bonds. The molecular formula is C26H36N4O4. The molecule has 0 radical (unpaired) electrons. The number of fused-ring (bicyclic) bond motifs is 1. The van der Waals surface area contributed by atoms with Crippen LogP contribution < -0.4 is 16.0 Å². The number of nitrogens with two attached hydrogens (primary N) is 1. The van der Waals surface area contributed by atoms with E-state index in [4.69, 9.17) is 5.73 Å². The fourth-order valence-corrected chi connectivity index (χ4v) is 5.75. The van der Waals surface area contributed by atoms with Gasteiger partial charge in [0.1, 0.15) is 11.8 Å². The topological polar surface area (TPSA) is 113 Å². The smallest absolute Gasteiger partial charge is 0.255 e. The van der Waals surface area contributed by atoms with Gasteiger partial charge in [0.15, 0.2) is 0 Å². The Morgan fingerprint density at radius 1 is 1.12 bits per heavy atom. The monoisotopic (exact) mass is 468 g/mol. The van der Waals surface area contributed by atoms with Crippen LogP contribution in [0, 0.1) is 5.92 Å². The van der Waals surface area contributed by atoms with Crippen molar-refractivity contribution in [2.75, 3.05) is 18.0 Å². The molecule has 1 aromatic rings. The van der Waals surface area contributed by atoms with Crippen molar-refractivity contribution in [1.29, 1.82) is 0 Å². The first kappa shape index (κ1) is 24.4. The summed E-state index contributed by atoms with van der Waals surface area (Å²) in [5.41, 5.74) is 8.27. The minimum Gasteiger partial charge on any atom is -0.368 e. The molecule has 1 atom stereocenters. The van der Waals surface area contributed by atoms with Gasteiger partial charge in [0, 0.05) is 48.3 Å². The molecule has 34 heavy (non-hydrogen) atoms. The van der Waals surface area contributed by atoms with E-state index in [9.17, 15) is 19.2 Å². The second-order valence-electron chi connectivity index (χ2n) is 9.78. The maximum atomic E-state index is 13.3. The van der Waals surface area contributed by atoms with Gasteiger partial charge < -0.3 is 15.5 Å². The number of benzene rings is 1. The molecule has 1 unspecified atom stereocenters. The number of anilines is 1. The number of rotatable bonds is 9. The third kappa shape index (κ3) is 4.87. The molecule has 184 valence electrons. The number of imide groups is 1. The summed E-state index contributed by atoms with van der Waals surface area (Å²) in [6.07, 6.45) is 7.48. The lowest BCUT2D eigenvalue weighted by molar-refractivity contribution is -0.137. The second kappa shape index (κ2) is 10.7. The number of Topliss-reactive ketones (excluding diaryl/α,β-unsaturated/α-hetero) is 1. The van der Waals surface area contributed by atoms with Crippen LogP contribution in [0.2, 0.25) is 0 Å². The van der Waals surface area contributed by atoms with Crippen LogP contribution in [0.25, 0.3) is 0 Å². The lowest BCUT2D eigenvalue weighted by Gasteiger charge is -2.39. The number of nitrogens with zero attached hydrogens (tertiary/aromatic N) is 2. The van der Waals surface area contributed by atoms with Crippen LogP contribution >= 0.6 is 0 Å². The fourth-order valence-electron chi connectivity index (χ4n) is 5.75. The van der Waals surface area contributed by atoms with Gasteiger partial charge in [-0.1, -0.05) is 25.8 Å². The van der Waals surface area contributed by atoms with Gasteiger partial charge in [-0.3, -0.25) is 24.5 Å². The van der Waals surface area contributed by atoms with Gasteiger partial charge >= 0.3 is 0 Å². The molecule has 0 spiro atoms. The molecular weight excluding hydrogens is 432 g/mol. The second-order valence-corrected chi connectivity index (χ2v) is 9.78. The zero-order valence-electron chi connectivity index (χ0n) is 20.1. The highest BCUT2D eigenvalue weighted by molar-refractivity contribution is 6.06. The predicted molar refractivity (Wildman–Crippen MR) is 129 cm³/mol. The van der Waals surface area contributed by atoms with E-state index in [0.29, 0.717) is 24.6 Å². The summed E-state index contributed by atoms with van der Waals surface area (Å²) >= 11 is 0. The fraction of sp³-hybridized carbons (Fsp3) is 0.615. The zero-order chi connectivity index (χ0) is 24.2. The molecule has 0 aromatic heterocycles. The molecule has 2 heterocycles. The predicted octanol–water partition coefficient (Wildman–Crippen LogP) is 2.53. The van der Waals surface area contributed by atoms with E-state index >= 15 is 0 Å². The molecule has 8 nitrogen and oxygen atoms in total. The highest BCUT2D eigenvalue weighted by Gasteiger charge is 2.41. The van der Waals surface area contributed by atoms with E-state index in [1.165, 1.54) is 0 Å². The molecule has 0 bridgehead atoms. The third-order valence-corrected chi connectivity index (χ3v) is 7.66. The summed E-state index contributed by atoms with van der Waals surface area (Å²) in [5, 5.41) is 2.38. The molecule has 1 saturated carbocycles. The number of carbonyl (C=O) groups is 4. The minimum atomic E-state index is -0.614. The first-order chi connectivity index (χ1) is 16.4. The van der Waals surface area contributed by atoms with Crippen LogP contribution in [0.5, 0.6) is 0 Å². The molecule has 2 aliphatic heterocycles. The normalized spacial score (nSPS) is 24.7. The van der Waals surface area contributed by atoms with Crippen molar-refractivity contribution in [3.8, 4) is 0 Å². The van der Waals surface area contributed by atoms with Gasteiger partial charge in [-0.25, -0.2) is 0 Å². The van der Waals surface area contributed by atoms with Gasteiger partial charge in [0.25, 0.3) is 5.91 Å². The summed E-state index contributed by atoms with van der Waals surface area (Å²) in [6.45, 7) is 3.57. The molecule has 3 N–H and O–H groups in total. The Hall–Kier alpha value is -2.74. The Labute approximate surface area is 201 Å². The van der Waals surface area contributed by atoms with Crippen LogP contribution in [0.15, 0.2) is 18.2 Å². The Morgan fingerprint density at radius 2 is 1.88 bits per heavy atom. The molecule has 3 aliphatic rings. The largest absolute Gasteiger partial charge is 0.368 e. The molecule has 8 heteroatoms. The van der Waals surface area contributed by atoms with E-state index in [-0.39, 0.29) is 42.4 Å². The average Bonchev–Trinajstić information content (AvgIpc) is 3.18. The van der Waals surface area contributed by atoms with E-state index in [0.717, 1.165) is 62.7 Å². The number of piperidine rings is 1. The number of hydrogen-bond acceptors (Lipinski definition) is 6. The maximum Gasteiger partial charge on any atom is 0.255 e. The lowest BCUT2D eigenvalue weighted by atomic mass is 9.82. The summed E-state index contributed by atoms with van der Waals surface area (Å²) < 4.78 is 0. The van der Waals surface area contributed by atoms with Crippen LogP contribution in [-0.2, 0) is 20.9 Å². The van der Waals surface area contributed by atoms with Crippen molar-refractivity contribution >= 4 is 29.2 Å². The number of nitrogens with one attached hydrogen (secondary N) is 1. The average molecular weight is 469 g/mol. The van der Waals surface area contributed by atoms with Gasteiger partial charge in [0.2, 0.25) is 11.8 Å². The van der Waals surface area contributed by atoms with E-state index in [1.54, 1.807) is 4.90 Å². The molecule has 4 rings (SSSR count). The van der Waals surface area contributed by atoms with Crippen molar-refractivity contribution in [1.82, 2.24) is 10.2 Å². The minimum absolute atomic E-state index is 0.0600. The summed E-state index contributed by atoms with van der Waals surface area (Å²) in [6, 6.07) is 5.55. The Morgan fingerprint density at radius 3 is 2.56 bits per heavy atom. The van der Waals surface area contributed by atoms with Crippen LogP contribution in [0.1, 0.15) is 80.6 Å². The van der Waals surface area contributed by atoms with Crippen molar-refractivity contribution in [2.24, 2.45) is 11.7 Å². The van der Waals surface area contributed by atoms with Crippen molar-refractivity contribution in [3.05, 3.63) is 29.3 Å². The highest BCUT2D eigenvalue weighted by atomic mass is 16.2. The number of unbranched alkanes of at least 4 members (excludes halogenated alkanes) is 2. The van der Waals surface area contributed by atoms with Gasteiger partial charge in [-0.15, -0.1) is 0 Å². The van der Waals surface area contributed by atoms with Gasteiger partial charge in [-0.05, 0) is 50.7 Å². The van der Waals surface area contributed by atoms with E-state index < -0.39 is 6.04 Å². The molecule has 1 saturated heterocycles. The Kier molecular flexibility index (Phi) is 7.66. The standard InChI is InChI=1S/C26H36N4O4/c1-2-3-4-14-29(18-10-8-17(9-11-18)23(31)15-27)21-7-5-6-19-20(21)16-30(26(19)34)22-12-13-24(32)28-25(22)33/h5-7,17-18,22H,2-4,8-16,27H2,1H3,(H,28,32,33). The van der Waals surface area contributed by atoms with E-state index in [1.807, 2.05) is 12.1 Å². The molecule has 1 aliphatic carbocycles. The van der Waals surface area contributed by atoms with Crippen LogP contribution in [0.3, 0.4) is 0 Å². The summed E-state index contributed by atoms with van der Waals surface area (Å²) in [7, 11) is 0. The Bertz CT molecular complexity index is 954. The van der Waals surface area contributed by atoms with Crippen molar-refractivity contribution in [3.63, 3.8) is 0 Å². The highest BCUT2D eigenvalue weighted by Crippen LogP contribution is 2.38. The maximum absolute atomic E-state index is 13.3. The van der Waals surface area contributed by atoms with Gasteiger partial charge in [-0.2, -0.15) is 0 Å². The number of carbonyl (C=O) groups excluding carboxylic acids is 4. The van der Waals surface area contributed by atoms with Crippen molar-refractivity contribution in [2.45, 2.75) is 83.3 Å². The number of ketones is 1. The first-order valence-corrected chi connectivity index (χ1v) is 12.7. The first-order valence-electron chi connectivity index (χ1n) is 12.7. The SMILES string of the molecule is CCCCCN(c1cccc2c1CN(C1CCC(=O)NC1=O)C2=O)C1CCC(C(=O)CN)CC1. The van der Waals surface area contributed by atoms with Crippen LogP contribution in [0.4, 0.5) is 5.69 Å². The summed E-state index contributed by atoms with van der Waals surface area (Å²) in [5.74, 6) is -0.595. The quantitative estimate of drug-likeness (QED) is 0.425. The van der Waals surface area contributed by atoms with Gasteiger partial charge in [0.05, 0.1) is 6.54 Å². The van der Waals surface area contributed by atoms with E-state index in [2.05, 4.69) is 23.2 Å². The van der Waals surface area contributed by atoms with Crippen LogP contribution in [-0.4, -0.2) is 53.6 Å². The third-order valence-electron chi connectivity index (χ3n) is 7.66. The lowest BCUT2D eigenvalue weighted by Crippen LogP contribution is -2.52. The number of hydrogen-bond donors (Lipinski definition) is 2. The zero-order valence-corrected chi connectivity index (χ0v) is 20.1. The molecule has 2 fully saturated rings. The number of amides is 3. The Balaban J connectivity index is 1.57.